The molecule has 2 N–H and O–H groups in total. The van der Waals surface area contributed by atoms with Gasteiger partial charge >= 0.3 is 0 Å². The molecule has 2 aromatic carbocycles. The van der Waals surface area contributed by atoms with Gasteiger partial charge in [-0.25, -0.2) is 8.42 Å². The van der Waals surface area contributed by atoms with Gasteiger partial charge in [-0.1, -0.05) is 6.07 Å². The molecule has 0 aliphatic carbocycles. The van der Waals surface area contributed by atoms with Crippen LogP contribution in [0.3, 0.4) is 0 Å². The van der Waals surface area contributed by atoms with E-state index in [1.807, 2.05) is 0 Å². The van der Waals surface area contributed by atoms with E-state index in [1.54, 1.807) is 56.7 Å². The first-order chi connectivity index (χ1) is 13.9. The van der Waals surface area contributed by atoms with Crippen LogP contribution in [0.15, 0.2) is 47.4 Å². The van der Waals surface area contributed by atoms with E-state index in [4.69, 9.17) is 26.4 Å². The van der Waals surface area contributed by atoms with Crippen molar-refractivity contribution in [2.24, 2.45) is 0 Å². The minimum absolute atomic E-state index is 0.207. The van der Waals surface area contributed by atoms with Crippen LogP contribution in [0.4, 0.5) is 11.4 Å². The SMILES string of the molecule is COc1ccc(NC(=S)Nc2cccc(S(=O)(=O)N3CCOCC3)c2)cc1OC. The van der Waals surface area contributed by atoms with Crippen molar-refractivity contribution in [1.82, 2.24) is 4.31 Å². The summed E-state index contributed by atoms with van der Waals surface area (Å²) in [5.41, 5.74) is 1.27. The summed E-state index contributed by atoms with van der Waals surface area (Å²) in [5.74, 6) is 1.18. The molecule has 8 nitrogen and oxygen atoms in total. The summed E-state index contributed by atoms with van der Waals surface area (Å²) >= 11 is 5.35. The number of sulfonamides is 1. The third-order valence-electron chi connectivity index (χ3n) is 4.34. The summed E-state index contributed by atoms with van der Waals surface area (Å²) < 4.78 is 42.8. The number of methoxy groups -OCH3 is 2. The summed E-state index contributed by atoms with van der Waals surface area (Å²) in [6.07, 6.45) is 0. The molecule has 1 aliphatic rings. The molecule has 10 heteroatoms. The molecule has 0 atom stereocenters. The number of thiocarbonyl (C=S) groups is 1. The lowest BCUT2D eigenvalue weighted by atomic mass is 10.2. The molecule has 0 bridgehead atoms. The van der Waals surface area contributed by atoms with Gasteiger partial charge in [-0.15, -0.1) is 0 Å². The Labute approximate surface area is 175 Å². The van der Waals surface area contributed by atoms with Gasteiger partial charge in [0.2, 0.25) is 10.0 Å². The highest BCUT2D eigenvalue weighted by molar-refractivity contribution is 7.89. The van der Waals surface area contributed by atoms with Crippen molar-refractivity contribution in [1.29, 1.82) is 0 Å². The first-order valence-corrected chi connectivity index (χ1v) is 10.8. The van der Waals surface area contributed by atoms with Gasteiger partial charge in [0.15, 0.2) is 16.6 Å². The fraction of sp³-hybridized carbons (Fsp3) is 0.316. The highest BCUT2D eigenvalue weighted by Crippen LogP contribution is 2.30. The van der Waals surface area contributed by atoms with E-state index in [2.05, 4.69) is 10.6 Å². The van der Waals surface area contributed by atoms with E-state index >= 15 is 0 Å². The Morgan fingerprint density at radius 3 is 2.31 bits per heavy atom. The predicted octanol–water partition coefficient (Wildman–Crippen LogP) is 2.53. The van der Waals surface area contributed by atoms with Crippen molar-refractivity contribution in [2.45, 2.75) is 4.90 Å². The molecule has 0 saturated carbocycles. The van der Waals surface area contributed by atoms with Gasteiger partial charge in [0.1, 0.15) is 0 Å². The van der Waals surface area contributed by atoms with Crippen LogP contribution in [0.1, 0.15) is 0 Å². The van der Waals surface area contributed by atoms with E-state index in [0.29, 0.717) is 54.3 Å². The molecule has 29 heavy (non-hydrogen) atoms. The molecule has 1 saturated heterocycles. The van der Waals surface area contributed by atoms with Gasteiger partial charge in [-0.3, -0.25) is 0 Å². The van der Waals surface area contributed by atoms with Crippen molar-refractivity contribution in [3.8, 4) is 11.5 Å². The standard InChI is InChI=1S/C19H23N3O5S2/c1-25-17-7-6-15(13-18(17)26-2)21-19(28)20-14-4-3-5-16(12-14)29(23,24)22-8-10-27-11-9-22/h3-7,12-13H,8-11H2,1-2H3,(H2,20,21,28). The summed E-state index contributed by atoms with van der Waals surface area (Å²) in [5, 5.41) is 6.38. The minimum atomic E-state index is -3.58. The van der Waals surface area contributed by atoms with Gasteiger partial charge in [-0.05, 0) is 42.5 Å². The fourth-order valence-electron chi connectivity index (χ4n) is 2.88. The second kappa shape index (κ2) is 9.40. The van der Waals surface area contributed by atoms with Crippen molar-refractivity contribution in [3.05, 3.63) is 42.5 Å². The van der Waals surface area contributed by atoms with Crippen LogP contribution in [-0.2, 0) is 14.8 Å². The zero-order valence-corrected chi connectivity index (χ0v) is 17.8. The molecule has 0 amide bonds. The zero-order chi connectivity index (χ0) is 20.9. The number of ether oxygens (including phenoxy) is 3. The Bertz CT molecular complexity index is 976. The number of nitrogens with one attached hydrogen (secondary N) is 2. The highest BCUT2D eigenvalue weighted by Gasteiger charge is 2.26. The van der Waals surface area contributed by atoms with Crippen LogP contribution < -0.4 is 20.1 Å². The van der Waals surface area contributed by atoms with E-state index in [1.165, 1.54) is 4.31 Å². The van der Waals surface area contributed by atoms with Crippen molar-refractivity contribution < 1.29 is 22.6 Å². The maximum atomic E-state index is 12.8. The molecule has 156 valence electrons. The molecule has 0 spiro atoms. The zero-order valence-electron chi connectivity index (χ0n) is 16.2. The Hall–Kier alpha value is -2.40. The van der Waals surface area contributed by atoms with Crippen LogP contribution in [0, 0.1) is 0 Å². The van der Waals surface area contributed by atoms with E-state index in [0.717, 1.165) is 0 Å². The molecule has 1 fully saturated rings. The minimum Gasteiger partial charge on any atom is -0.493 e. The quantitative estimate of drug-likeness (QED) is 0.667. The van der Waals surface area contributed by atoms with Gasteiger partial charge in [0.25, 0.3) is 0 Å². The Kier molecular flexibility index (Phi) is 6.91. The second-order valence-electron chi connectivity index (χ2n) is 6.19. The van der Waals surface area contributed by atoms with Crippen LogP contribution in [-0.4, -0.2) is 58.4 Å². The van der Waals surface area contributed by atoms with E-state index in [9.17, 15) is 8.42 Å². The number of morpholine rings is 1. The normalized spacial score (nSPS) is 14.8. The average molecular weight is 438 g/mol. The van der Waals surface area contributed by atoms with E-state index in [-0.39, 0.29) is 4.90 Å². The number of hydrogen-bond donors (Lipinski definition) is 2. The molecule has 0 aromatic heterocycles. The molecule has 0 unspecified atom stereocenters. The fourth-order valence-corrected chi connectivity index (χ4v) is 4.57. The molecule has 0 radical (unpaired) electrons. The van der Waals surface area contributed by atoms with Crippen molar-refractivity contribution >= 4 is 38.7 Å². The summed E-state index contributed by atoms with van der Waals surface area (Å²) in [6, 6.07) is 11.9. The summed E-state index contributed by atoms with van der Waals surface area (Å²) in [6.45, 7) is 1.49. The lowest BCUT2D eigenvalue weighted by Crippen LogP contribution is -2.40. The van der Waals surface area contributed by atoms with Gasteiger partial charge in [-0.2, -0.15) is 4.31 Å². The smallest absolute Gasteiger partial charge is 0.243 e. The molecular formula is C19H23N3O5S2. The Morgan fingerprint density at radius 2 is 1.66 bits per heavy atom. The predicted molar refractivity (Wildman–Crippen MR) is 115 cm³/mol. The third kappa shape index (κ3) is 5.15. The number of benzene rings is 2. The first-order valence-electron chi connectivity index (χ1n) is 8.92. The van der Waals surface area contributed by atoms with Crippen LogP contribution in [0.5, 0.6) is 11.5 Å². The Morgan fingerprint density at radius 1 is 1.00 bits per heavy atom. The number of hydrogen-bond acceptors (Lipinski definition) is 6. The average Bonchev–Trinajstić information content (AvgIpc) is 2.74. The Balaban J connectivity index is 1.70. The molecule has 2 aromatic rings. The van der Waals surface area contributed by atoms with Crippen LogP contribution in [0.2, 0.25) is 0 Å². The van der Waals surface area contributed by atoms with Crippen molar-refractivity contribution in [2.75, 3.05) is 51.2 Å². The highest BCUT2D eigenvalue weighted by atomic mass is 32.2. The molecule has 1 aliphatic heterocycles. The van der Waals surface area contributed by atoms with Gasteiger partial charge < -0.3 is 24.8 Å². The first kappa shape index (κ1) is 21.3. The summed E-state index contributed by atoms with van der Waals surface area (Å²) in [7, 11) is -0.458. The topological polar surface area (TPSA) is 89.1 Å². The monoisotopic (exact) mass is 437 g/mol. The maximum absolute atomic E-state index is 12.8. The molecule has 1 heterocycles. The van der Waals surface area contributed by atoms with Crippen LogP contribution in [0.25, 0.3) is 0 Å². The number of anilines is 2. The van der Waals surface area contributed by atoms with Gasteiger partial charge in [0, 0.05) is 30.5 Å². The van der Waals surface area contributed by atoms with Crippen LogP contribution >= 0.6 is 12.2 Å². The lowest BCUT2D eigenvalue weighted by Gasteiger charge is -2.26. The maximum Gasteiger partial charge on any atom is 0.243 e. The lowest BCUT2D eigenvalue weighted by molar-refractivity contribution is 0.0730. The number of rotatable bonds is 6. The van der Waals surface area contributed by atoms with Crippen molar-refractivity contribution in [3.63, 3.8) is 0 Å². The van der Waals surface area contributed by atoms with E-state index < -0.39 is 10.0 Å². The third-order valence-corrected chi connectivity index (χ3v) is 6.44. The number of nitrogens with zero attached hydrogens (tertiary/aromatic N) is 1. The second-order valence-corrected chi connectivity index (χ2v) is 8.54. The molecular weight excluding hydrogens is 414 g/mol. The van der Waals surface area contributed by atoms with Gasteiger partial charge in [0.05, 0.1) is 32.3 Å². The largest absolute Gasteiger partial charge is 0.493 e. The summed E-state index contributed by atoms with van der Waals surface area (Å²) in [4.78, 5) is 0.207. The molecule has 3 rings (SSSR count).